The van der Waals surface area contributed by atoms with Crippen molar-refractivity contribution in [1.82, 2.24) is 15.0 Å². The third kappa shape index (κ3) is 2.14. The summed E-state index contributed by atoms with van der Waals surface area (Å²) in [7, 11) is 1.28. The van der Waals surface area contributed by atoms with Gasteiger partial charge in [0.15, 0.2) is 6.04 Å². The molecule has 1 unspecified atom stereocenters. The number of aromatic carboxylic acids is 1. The Morgan fingerprint density at radius 2 is 2.21 bits per heavy atom. The van der Waals surface area contributed by atoms with Crippen LogP contribution in [0.5, 0.6) is 0 Å². The maximum Gasteiger partial charge on any atom is 0.337 e. The van der Waals surface area contributed by atoms with Gasteiger partial charge in [0.05, 0.1) is 12.7 Å². The number of ether oxygens (including phenoxy) is 1. The molecule has 1 aromatic heterocycles. The molecule has 0 aliphatic heterocycles. The van der Waals surface area contributed by atoms with Crippen molar-refractivity contribution in [3.05, 3.63) is 23.8 Å². The zero-order valence-corrected chi connectivity index (χ0v) is 10.5. The zero-order valence-electron chi connectivity index (χ0n) is 10.5. The van der Waals surface area contributed by atoms with Crippen molar-refractivity contribution in [2.24, 2.45) is 0 Å². The third-order valence-electron chi connectivity index (χ3n) is 2.88. The summed E-state index contributed by atoms with van der Waals surface area (Å²) < 4.78 is 6.01. The Morgan fingerprint density at radius 3 is 2.79 bits per heavy atom. The van der Waals surface area contributed by atoms with Gasteiger partial charge in [-0.2, -0.15) is 0 Å². The second kappa shape index (κ2) is 5.05. The van der Waals surface area contributed by atoms with Crippen LogP contribution in [0, 0.1) is 0 Å². The molecule has 1 N–H and O–H groups in total. The number of para-hydroxylation sites is 1. The van der Waals surface area contributed by atoms with Gasteiger partial charge in [0.25, 0.3) is 0 Å². The highest BCUT2D eigenvalue weighted by Crippen LogP contribution is 2.22. The second-order valence-electron chi connectivity index (χ2n) is 3.96. The van der Waals surface area contributed by atoms with Gasteiger partial charge in [-0.25, -0.2) is 14.3 Å². The molecule has 0 aliphatic carbocycles. The Kier molecular flexibility index (Phi) is 3.46. The fourth-order valence-electron chi connectivity index (χ4n) is 1.96. The van der Waals surface area contributed by atoms with E-state index in [1.54, 1.807) is 19.1 Å². The van der Waals surface area contributed by atoms with Gasteiger partial charge >= 0.3 is 11.9 Å². The van der Waals surface area contributed by atoms with Crippen molar-refractivity contribution >= 4 is 23.0 Å². The topological polar surface area (TPSA) is 94.3 Å². The van der Waals surface area contributed by atoms with Crippen molar-refractivity contribution in [2.45, 2.75) is 19.4 Å². The molecular formula is C12H13N3O4. The highest BCUT2D eigenvalue weighted by molar-refractivity contribution is 6.01. The Bertz CT molecular complexity index is 635. The molecule has 0 amide bonds. The van der Waals surface area contributed by atoms with Crippen LogP contribution in [-0.4, -0.2) is 39.1 Å². The zero-order chi connectivity index (χ0) is 14.0. The van der Waals surface area contributed by atoms with Crippen molar-refractivity contribution < 1.29 is 19.4 Å². The van der Waals surface area contributed by atoms with Crippen molar-refractivity contribution in [3.8, 4) is 0 Å². The van der Waals surface area contributed by atoms with Gasteiger partial charge in [-0.05, 0) is 18.6 Å². The fourth-order valence-corrected chi connectivity index (χ4v) is 1.96. The summed E-state index contributed by atoms with van der Waals surface area (Å²) in [5.41, 5.74) is 0.819. The molecule has 0 radical (unpaired) electrons. The van der Waals surface area contributed by atoms with Crippen LogP contribution in [0.1, 0.15) is 29.7 Å². The Balaban J connectivity index is 2.67. The number of carbonyl (C=O) groups is 2. The van der Waals surface area contributed by atoms with E-state index in [1.807, 2.05) is 0 Å². The lowest BCUT2D eigenvalue weighted by Gasteiger charge is -2.13. The maximum atomic E-state index is 11.7. The molecule has 0 fully saturated rings. The van der Waals surface area contributed by atoms with Gasteiger partial charge in [0.1, 0.15) is 11.0 Å². The van der Waals surface area contributed by atoms with E-state index in [4.69, 9.17) is 4.74 Å². The molecule has 1 aromatic carbocycles. The normalized spacial score (nSPS) is 12.3. The molecule has 0 bridgehead atoms. The van der Waals surface area contributed by atoms with E-state index >= 15 is 0 Å². The number of fused-ring (bicyclic) bond motifs is 1. The van der Waals surface area contributed by atoms with E-state index in [0.717, 1.165) is 0 Å². The van der Waals surface area contributed by atoms with Crippen molar-refractivity contribution in [1.29, 1.82) is 0 Å². The monoisotopic (exact) mass is 263 g/mol. The number of nitrogens with zero attached hydrogens (tertiary/aromatic N) is 3. The van der Waals surface area contributed by atoms with E-state index in [-0.39, 0.29) is 5.56 Å². The number of carboxylic acids is 1. The third-order valence-corrected chi connectivity index (χ3v) is 2.88. The van der Waals surface area contributed by atoms with Crippen LogP contribution in [0.25, 0.3) is 11.0 Å². The summed E-state index contributed by atoms with van der Waals surface area (Å²) in [5, 5.41) is 17.0. The van der Waals surface area contributed by atoms with Gasteiger partial charge in [-0.3, -0.25) is 0 Å². The van der Waals surface area contributed by atoms with E-state index in [2.05, 4.69) is 10.3 Å². The first-order valence-corrected chi connectivity index (χ1v) is 5.75. The lowest BCUT2D eigenvalue weighted by Crippen LogP contribution is -2.22. The molecule has 0 saturated heterocycles. The number of benzene rings is 1. The molecule has 0 spiro atoms. The van der Waals surface area contributed by atoms with Crippen LogP contribution in [0.2, 0.25) is 0 Å². The van der Waals surface area contributed by atoms with Crippen LogP contribution in [0.3, 0.4) is 0 Å². The lowest BCUT2D eigenvalue weighted by molar-refractivity contribution is -0.144. The number of carboxylic acid groups (broad SMARTS) is 1. The molecular weight excluding hydrogens is 250 g/mol. The molecule has 2 rings (SSSR count). The smallest absolute Gasteiger partial charge is 0.337 e. The fraction of sp³-hybridized carbons (Fsp3) is 0.333. The molecule has 7 heteroatoms. The van der Waals surface area contributed by atoms with E-state index in [9.17, 15) is 14.7 Å². The first-order chi connectivity index (χ1) is 9.10. The van der Waals surface area contributed by atoms with Gasteiger partial charge in [-0.1, -0.05) is 18.2 Å². The number of hydrogen-bond donors (Lipinski definition) is 1. The first-order valence-electron chi connectivity index (χ1n) is 5.75. The Morgan fingerprint density at radius 1 is 1.47 bits per heavy atom. The summed E-state index contributed by atoms with van der Waals surface area (Å²) >= 11 is 0. The highest BCUT2D eigenvalue weighted by atomic mass is 16.5. The van der Waals surface area contributed by atoms with Crippen molar-refractivity contribution in [3.63, 3.8) is 0 Å². The maximum absolute atomic E-state index is 11.7. The lowest BCUT2D eigenvalue weighted by atomic mass is 10.1. The molecule has 7 nitrogen and oxygen atoms in total. The predicted octanol–water partition coefficient (Wildman–Crippen LogP) is 1.25. The van der Waals surface area contributed by atoms with Crippen LogP contribution in [0.15, 0.2) is 18.2 Å². The van der Waals surface area contributed by atoms with Crippen LogP contribution in [-0.2, 0) is 9.53 Å². The van der Waals surface area contributed by atoms with E-state index < -0.39 is 18.0 Å². The molecule has 2 aromatic rings. The molecule has 19 heavy (non-hydrogen) atoms. The Labute approximate surface area is 108 Å². The standard InChI is InChI=1S/C12H13N3O4/c1-3-9(12(18)19-2)15-10-7(11(16)17)5-4-6-8(10)13-14-15/h4-6,9H,3H2,1-2H3,(H,16,17). The second-order valence-corrected chi connectivity index (χ2v) is 3.96. The van der Waals surface area contributed by atoms with Gasteiger partial charge in [0.2, 0.25) is 0 Å². The van der Waals surface area contributed by atoms with Gasteiger partial charge in [0, 0.05) is 0 Å². The minimum Gasteiger partial charge on any atom is -0.478 e. The number of methoxy groups -OCH3 is 1. The highest BCUT2D eigenvalue weighted by Gasteiger charge is 2.25. The number of rotatable bonds is 4. The number of aromatic nitrogens is 3. The number of hydrogen-bond acceptors (Lipinski definition) is 5. The molecule has 0 saturated carbocycles. The summed E-state index contributed by atoms with van der Waals surface area (Å²) in [6, 6.07) is 4.00. The molecule has 100 valence electrons. The average molecular weight is 263 g/mol. The molecule has 1 heterocycles. The van der Waals surface area contributed by atoms with E-state index in [1.165, 1.54) is 17.9 Å². The summed E-state index contributed by atoms with van der Waals surface area (Å²) in [6.07, 6.45) is 0.430. The van der Waals surface area contributed by atoms with Crippen LogP contribution in [0.4, 0.5) is 0 Å². The van der Waals surface area contributed by atoms with Gasteiger partial charge < -0.3 is 9.84 Å². The van der Waals surface area contributed by atoms with Gasteiger partial charge in [-0.15, -0.1) is 5.10 Å². The quantitative estimate of drug-likeness (QED) is 0.834. The number of carbonyl (C=O) groups excluding carboxylic acids is 1. The largest absolute Gasteiger partial charge is 0.478 e. The number of esters is 1. The molecule has 1 atom stereocenters. The Hall–Kier alpha value is -2.44. The molecule has 0 aliphatic rings. The summed E-state index contributed by atoms with van der Waals surface area (Å²) in [5.74, 6) is -1.57. The summed E-state index contributed by atoms with van der Waals surface area (Å²) in [6.45, 7) is 1.79. The summed E-state index contributed by atoms with van der Waals surface area (Å²) in [4.78, 5) is 22.9. The minimum atomic E-state index is -1.09. The predicted molar refractivity (Wildman–Crippen MR) is 65.8 cm³/mol. The minimum absolute atomic E-state index is 0.0600. The van der Waals surface area contributed by atoms with Crippen LogP contribution < -0.4 is 0 Å². The first kappa shape index (κ1) is 13.0. The average Bonchev–Trinajstić information content (AvgIpc) is 2.83. The van der Waals surface area contributed by atoms with E-state index in [0.29, 0.717) is 17.5 Å². The SMILES string of the molecule is CCC(C(=O)OC)n1nnc2cccc(C(=O)O)c21. The van der Waals surface area contributed by atoms with Crippen molar-refractivity contribution in [2.75, 3.05) is 7.11 Å². The van der Waals surface area contributed by atoms with Crippen LogP contribution >= 0.6 is 0 Å².